The molecule has 0 radical (unpaired) electrons. The zero-order chi connectivity index (χ0) is 17.3. The van der Waals surface area contributed by atoms with Gasteiger partial charge >= 0.3 is 0 Å². The maximum absolute atomic E-state index is 11.8. The molecule has 0 unspecified atom stereocenters. The molecular formula is C16H34O5S. The summed E-state index contributed by atoms with van der Waals surface area (Å²) in [5, 5.41) is 0. The van der Waals surface area contributed by atoms with Crippen LogP contribution in [0.1, 0.15) is 48.0 Å². The van der Waals surface area contributed by atoms with Crippen LogP contribution in [0.5, 0.6) is 0 Å². The normalized spacial score (nSPS) is 13.5. The molecule has 0 saturated carbocycles. The lowest BCUT2D eigenvalue weighted by molar-refractivity contribution is -0.0418. The van der Waals surface area contributed by atoms with Gasteiger partial charge in [-0.15, -0.1) is 0 Å². The number of sulfone groups is 1. The molecule has 0 bridgehead atoms. The van der Waals surface area contributed by atoms with Crippen molar-refractivity contribution in [2.75, 3.05) is 44.5 Å². The van der Waals surface area contributed by atoms with Gasteiger partial charge in [-0.2, -0.15) is 0 Å². The Morgan fingerprint density at radius 2 is 1.23 bits per heavy atom. The van der Waals surface area contributed by atoms with Crippen LogP contribution in [0.25, 0.3) is 0 Å². The van der Waals surface area contributed by atoms with E-state index in [1.54, 1.807) is 0 Å². The fourth-order valence-electron chi connectivity index (χ4n) is 1.48. The summed E-state index contributed by atoms with van der Waals surface area (Å²) in [6.07, 6.45) is 0.673. The molecule has 6 heteroatoms. The molecule has 0 aromatic heterocycles. The van der Waals surface area contributed by atoms with Crippen molar-refractivity contribution < 1.29 is 22.6 Å². The molecule has 0 fully saturated rings. The maximum atomic E-state index is 11.8. The van der Waals surface area contributed by atoms with Gasteiger partial charge in [-0.25, -0.2) is 8.42 Å². The molecule has 0 heterocycles. The van der Waals surface area contributed by atoms with E-state index < -0.39 is 9.84 Å². The van der Waals surface area contributed by atoms with Gasteiger partial charge in [0.2, 0.25) is 0 Å². The molecular weight excluding hydrogens is 304 g/mol. The summed E-state index contributed by atoms with van der Waals surface area (Å²) in [4.78, 5) is 0. The van der Waals surface area contributed by atoms with Crippen LogP contribution >= 0.6 is 0 Å². The van der Waals surface area contributed by atoms with E-state index in [-0.39, 0.29) is 29.1 Å². The molecule has 0 aliphatic carbocycles. The molecule has 0 atom stereocenters. The largest absolute Gasteiger partial charge is 0.378 e. The van der Waals surface area contributed by atoms with Crippen molar-refractivity contribution in [3.63, 3.8) is 0 Å². The molecule has 0 rings (SSSR count). The molecule has 0 aliphatic heterocycles. The van der Waals surface area contributed by atoms with Crippen LogP contribution in [0.2, 0.25) is 0 Å². The molecule has 22 heavy (non-hydrogen) atoms. The van der Waals surface area contributed by atoms with Gasteiger partial charge in [0.05, 0.1) is 50.1 Å². The summed E-state index contributed by atoms with van der Waals surface area (Å²) < 4.78 is 39.8. The minimum absolute atomic E-state index is 0.0386. The first-order valence-corrected chi connectivity index (χ1v) is 9.73. The van der Waals surface area contributed by atoms with Crippen molar-refractivity contribution in [3.05, 3.63) is 0 Å². The van der Waals surface area contributed by atoms with E-state index in [9.17, 15) is 8.42 Å². The predicted molar refractivity (Wildman–Crippen MR) is 90.1 cm³/mol. The van der Waals surface area contributed by atoms with Crippen LogP contribution in [0.4, 0.5) is 0 Å². The Morgan fingerprint density at radius 3 is 1.73 bits per heavy atom. The third-order valence-electron chi connectivity index (χ3n) is 2.84. The van der Waals surface area contributed by atoms with Gasteiger partial charge in [-0.3, -0.25) is 0 Å². The van der Waals surface area contributed by atoms with Gasteiger partial charge in [-0.05, 0) is 32.6 Å². The molecule has 0 aliphatic rings. The van der Waals surface area contributed by atoms with Crippen molar-refractivity contribution in [2.45, 2.75) is 53.6 Å². The Balaban J connectivity index is 3.53. The molecule has 0 aromatic rings. The highest BCUT2D eigenvalue weighted by molar-refractivity contribution is 7.91. The van der Waals surface area contributed by atoms with Crippen molar-refractivity contribution in [3.8, 4) is 0 Å². The first-order valence-electron chi connectivity index (χ1n) is 7.91. The first kappa shape index (κ1) is 21.8. The average molecular weight is 339 g/mol. The number of hydrogen-bond acceptors (Lipinski definition) is 5. The molecule has 0 amide bonds. The summed E-state index contributed by atoms with van der Waals surface area (Å²) in [6.45, 7) is 14.3. The van der Waals surface area contributed by atoms with Crippen LogP contribution in [0.15, 0.2) is 0 Å². The highest BCUT2D eigenvalue weighted by atomic mass is 32.2. The lowest BCUT2D eigenvalue weighted by Crippen LogP contribution is -2.22. The van der Waals surface area contributed by atoms with Gasteiger partial charge in [0.15, 0.2) is 9.84 Å². The second kappa shape index (κ2) is 9.85. The zero-order valence-corrected chi connectivity index (χ0v) is 15.9. The molecule has 134 valence electrons. The Morgan fingerprint density at radius 1 is 0.727 bits per heavy atom. The second-order valence-electron chi connectivity index (χ2n) is 7.65. The van der Waals surface area contributed by atoms with Gasteiger partial charge in [-0.1, -0.05) is 20.8 Å². The minimum Gasteiger partial charge on any atom is -0.378 e. The van der Waals surface area contributed by atoms with E-state index in [2.05, 4.69) is 0 Å². The van der Waals surface area contributed by atoms with Crippen LogP contribution in [-0.4, -0.2) is 58.6 Å². The van der Waals surface area contributed by atoms with Crippen LogP contribution in [0.3, 0.4) is 0 Å². The van der Waals surface area contributed by atoms with E-state index >= 15 is 0 Å². The molecule has 0 saturated heterocycles. The minimum atomic E-state index is -3.02. The summed E-state index contributed by atoms with van der Waals surface area (Å²) >= 11 is 0. The van der Waals surface area contributed by atoms with Gasteiger partial charge < -0.3 is 14.2 Å². The standard InChI is InChI=1S/C16H34O5S/c1-15(2,3)7-13-22(17,18)14-12-20-9-8-19-10-11-21-16(4,5)6/h7-14H2,1-6H3. The fourth-order valence-corrected chi connectivity index (χ4v) is 2.98. The summed E-state index contributed by atoms with van der Waals surface area (Å²) in [5.74, 6) is 0.302. The number of rotatable bonds is 11. The summed E-state index contributed by atoms with van der Waals surface area (Å²) in [7, 11) is -3.02. The van der Waals surface area contributed by atoms with Crippen molar-refractivity contribution in [2.24, 2.45) is 5.41 Å². The lowest BCUT2D eigenvalue weighted by atomic mass is 9.94. The molecule has 5 nitrogen and oxygen atoms in total. The highest BCUT2D eigenvalue weighted by Gasteiger charge is 2.17. The number of hydrogen-bond donors (Lipinski definition) is 0. The topological polar surface area (TPSA) is 61.8 Å². The van der Waals surface area contributed by atoms with E-state index in [1.807, 2.05) is 41.5 Å². The van der Waals surface area contributed by atoms with E-state index in [1.165, 1.54) is 0 Å². The van der Waals surface area contributed by atoms with Gasteiger partial charge in [0, 0.05) is 0 Å². The SMILES string of the molecule is CC(C)(C)CCS(=O)(=O)CCOCCOCCOC(C)(C)C. The van der Waals surface area contributed by atoms with Gasteiger partial charge in [0.25, 0.3) is 0 Å². The van der Waals surface area contributed by atoms with Crippen molar-refractivity contribution >= 4 is 9.84 Å². The molecule has 0 aromatic carbocycles. The lowest BCUT2D eigenvalue weighted by Gasteiger charge is -2.19. The monoisotopic (exact) mass is 338 g/mol. The van der Waals surface area contributed by atoms with Crippen molar-refractivity contribution in [1.82, 2.24) is 0 Å². The Bertz CT molecular complexity index is 376. The first-order chi connectivity index (χ1) is 9.91. The zero-order valence-electron chi connectivity index (χ0n) is 15.1. The van der Waals surface area contributed by atoms with Crippen LogP contribution in [-0.2, 0) is 24.0 Å². The predicted octanol–water partition coefficient (Wildman–Crippen LogP) is 2.69. The van der Waals surface area contributed by atoms with E-state index in [0.717, 1.165) is 0 Å². The Labute approximate surface area is 136 Å². The quantitative estimate of drug-likeness (QED) is 0.542. The summed E-state index contributed by atoms with van der Waals surface area (Å²) in [5.41, 5.74) is -0.113. The Kier molecular flexibility index (Phi) is 9.78. The maximum Gasteiger partial charge on any atom is 0.152 e. The highest BCUT2D eigenvalue weighted by Crippen LogP contribution is 2.19. The number of ether oxygens (including phenoxy) is 3. The van der Waals surface area contributed by atoms with Crippen LogP contribution < -0.4 is 0 Å². The summed E-state index contributed by atoms with van der Waals surface area (Å²) in [6, 6.07) is 0. The third kappa shape index (κ3) is 16.2. The fraction of sp³-hybridized carbons (Fsp3) is 1.00. The average Bonchev–Trinajstić information content (AvgIpc) is 2.32. The smallest absolute Gasteiger partial charge is 0.152 e. The second-order valence-corrected chi connectivity index (χ2v) is 9.95. The Hall–Kier alpha value is -0.170. The third-order valence-corrected chi connectivity index (χ3v) is 4.45. The van der Waals surface area contributed by atoms with Crippen LogP contribution in [0, 0.1) is 5.41 Å². The molecule has 0 N–H and O–H groups in total. The van der Waals surface area contributed by atoms with E-state index in [4.69, 9.17) is 14.2 Å². The molecule has 0 spiro atoms. The van der Waals surface area contributed by atoms with E-state index in [0.29, 0.717) is 32.8 Å². The van der Waals surface area contributed by atoms with Crippen molar-refractivity contribution in [1.29, 1.82) is 0 Å². The van der Waals surface area contributed by atoms with Gasteiger partial charge in [0.1, 0.15) is 0 Å².